The average Bonchev–Trinajstić information content (AvgIpc) is 3.36. The highest BCUT2D eigenvalue weighted by atomic mass is 19.1. The molecule has 12 heteroatoms. The lowest BCUT2D eigenvalue weighted by molar-refractivity contribution is -0.122. The number of fused-ring (bicyclic) bond motifs is 1. The van der Waals surface area contributed by atoms with Gasteiger partial charge in [0.05, 0.1) is 23.3 Å². The molecule has 0 saturated carbocycles. The lowest BCUT2D eigenvalue weighted by Gasteiger charge is -2.45. The molecule has 4 aromatic rings. The van der Waals surface area contributed by atoms with Gasteiger partial charge in [0.2, 0.25) is 6.41 Å². The van der Waals surface area contributed by atoms with Crippen LogP contribution in [0.3, 0.4) is 0 Å². The van der Waals surface area contributed by atoms with Gasteiger partial charge in [-0.25, -0.2) is 23.3 Å². The summed E-state index contributed by atoms with van der Waals surface area (Å²) in [5, 5.41) is 11.4. The van der Waals surface area contributed by atoms with Crippen molar-refractivity contribution >= 4 is 29.6 Å². The van der Waals surface area contributed by atoms with Crippen LogP contribution >= 0.6 is 0 Å². The van der Waals surface area contributed by atoms with E-state index >= 15 is 0 Å². The molecule has 1 aliphatic heterocycles. The van der Waals surface area contributed by atoms with Crippen LogP contribution in [-0.2, 0) is 4.79 Å². The third kappa shape index (κ3) is 6.82. The predicted molar refractivity (Wildman–Crippen MR) is 157 cm³/mol. The second kappa shape index (κ2) is 12.2. The maximum atomic E-state index is 13.6. The number of rotatable bonds is 4. The quantitative estimate of drug-likeness (QED) is 0.212. The highest BCUT2D eigenvalue weighted by Gasteiger charge is 2.37. The van der Waals surface area contributed by atoms with Crippen molar-refractivity contribution in [3.8, 4) is 22.4 Å². The van der Waals surface area contributed by atoms with Crippen molar-refractivity contribution < 1.29 is 18.4 Å². The molecule has 5 rings (SSSR count). The third-order valence-electron chi connectivity index (χ3n) is 6.61. The summed E-state index contributed by atoms with van der Waals surface area (Å²) in [5.74, 6) is -0.304. The number of halogens is 2. The zero-order valence-corrected chi connectivity index (χ0v) is 23.8. The summed E-state index contributed by atoms with van der Waals surface area (Å²) in [6.45, 7) is 8.30. The van der Waals surface area contributed by atoms with E-state index in [1.807, 2.05) is 13.8 Å². The minimum atomic E-state index is -0.571. The fourth-order valence-electron chi connectivity index (χ4n) is 4.75. The predicted octanol–water partition coefficient (Wildman–Crippen LogP) is 4.39. The Morgan fingerprint density at radius 3 is 2.12 bits per heavy atom. The molecule has 2 aromatic carbocycles. The van der Waals surface area contributed by atoms with Crippen LogP contribution in [0.4, 0.5) is 8.78 Å². The number of amides is 2. The van der Waals surface area contributed by atoms with Crippen molar-refractivity contribution in [1.29, 1.82) is 5.41 Å². The Morgan fingerprint density at radius 1 is 1.02 bits per heavy atom. The van der Waals surface area contributed by atoms with Crippen LogP contribution in [0.1, 0.15) is 38.2 Å². The molecule has 1 aliphatic rings. The van der Waals surface area contributed by atoms with Gasteiger partial charge in [-0.1, -0.05) is 12.1 Å². The van der Waals surface area contributed by atoms with Crippen molar-refractivity contribution in [3.63, 3.8) is 0 Å². The van der Waals surface area contributed by atoms with Gasteiger partial charge < -0.3 is 15.5 Å². The second-order valence-electron chi connectivity index (χ2n) is 10.5. The fourth-order valence-corrected chi connectivity index (χ4v) is 4.75. The summed E-state index contributed by atoms with van der Waals surface area (Å²) in [4.78, 5) is 36.2. The molecule has 3 N–H and O–H groups in total. The van der Waals surface area contributed by atoms with Gasteiger partial charge in [-0.05, 0) is 75.7 Å². The molecular weight excluding hydrogens is 542 g/mol. The summed E-state index contributed by atoms with van der Waals surface area (Å²) < 4.78 is 28.6. The zero-order chi connectivity index (χ0) is 30.6. The molecule has 42 heavy (non-hydrogen) atoms. The number of aromatic nitrogens is 3. The first kappa shape index (κ1) is 30.0. The Kier molecular flexibility index (Phi) is 8.74. The van der Waals surface area contributed by atoms with E-state index in [1.165, 1.54) is 28.8 Å². The topological polar surface area (TPSA) is 133 Å². The van der Waals surface area contributed by atoms with Crippen molar-refractivity contribution in [2.24, 2.45) is 10.7 Å². The fraction of sp³-hybridized carbons (Fsp3) is 0.267. The van der Waals surface area contributed by atoms with E-state index in [0.29, 0.717) is 53.5 Å². The summed E-state index contributed by atoms with van der Waals surface area (Å²) in [7, 11) is 0. The van der Waals surface area contributed by atoms with E-state index in [4.69, 9.17) is 11.1 Å². The summed E-state index contributed by atoms with van der Waals surface area (Å²) in [5.41, 5.74) is 7.77. The number of piperazine rings is 1. The number of hydrogen-bond acceptors (Lipinski definition) is 5. The number of carbonyl (C=O) groups is 2. The molecule has 2 aromatic heterocycles. The first-order valence-corrected chi connectivity index (χ1v) is 13.2. The number of imidazole rings is 1. The molecule has 0 aliphatic carbocycles. The number of nitrogens with two attached hydrogens (primary N) is 1. The Morgan fingerprint density at radius 2 is 1.62 bits per heavy atom. The van der Waals surface area contributed by atoms with Crippen LogP contribution in [-0.4, -0.2) is 73.6 Å². The number of aliphatic imine (C=N–C) groups is 1. The average molecular weight is 575 g/mol. The Labute approximate surface area is 242 Å². The van der Waals surface area contributed by atoms with Gasteiger partial charge in [0.25, 0.3) is 5.91 Å². The lowest BCUT2D eigenvalue weighted by Crippen LogP contribution is -2.60. The van der Waals surface area contributed by atoms with Gasteiger partial charge in [-0.15, -0.1) is 0 Å². The van der Waals surface area contributed by atoms with E-state index in [2.05, 4.69) is 15.1 Å². The van der Waals surface area contributed by atoms with Crippen LogP contribution in [0.2, 0.25) is 0 Å². The number of benzene rings is 2. The second-order valence-corrected chi connectivity index (χ2v) is 10.5. The summed E-state index contributed by atoms with van der Waals surface area (Å²) in [6, 6.07) is 13.7. The van der Waals surface area contributed by atoms with Gasteiger partial charge >= 0.3 is 0 Å². The smallest absolute Gasteiger partial charge is 0.274 e. The molecule has 1 fully saturated rings. The lowest BCUT2D eigenvalue weighted by atomic mass is 9.98. The maximum Gasteiger partial charge on any atom is 0.274 e. The number of carbonyl (C=O) groups excluding carboxylic acids is 2. The molecule has 0 unspecified atom stereocenters. The normalized spacial score (nSPS) is 14.8. The molecule has 0 atom stereocenters. The van der Waals surface area contributed by atoms with Crippen molar-refractivity contribution in [2.75, 3.05) is 19.6 Å². The van der Waals surface area contributed by atoms with E-state index in [1.54, 1.807) is 60.2 Å². The molecule has 0 spiro atoms. The molecule has 0 radical (unpaired) electrons. The van der Waals surface area contributed by atoms with Crippen LogP contribution in [0.25, 0.3) is 28.0 Å². The molecule has 1 saturated heterocycles. The summed E-state index contributed by atoms with van der Waals surface area (Å²) in [6.07, 6.45) is 2.37. The Hall–Kier alpha value is -5.00. The minimum Gasteiger partial charge on any atom is -0.387 e. The van der Waals surface area contributed by atoms with E-state index < -0.39 is 5.54 Å². The van der Waals surface area contributed by atoms with Crippen LogP contribution < -0.4 is 5.73 Å². The van der Waals surface area contributed by atoms with E-state index in [-0.39, 0.29) is 29.1 Å². The molecule has 0 bridgehead atoms. The summed E-state index contributed by atoms with van der Waals surface area (Å²) >= 11 is 0. The number of nitrogens with one attached hydrogen (secondary N) is 1. The van der Waals surface area contributed by atoms with Crippen LogP contribution in [0.5, 0.6) is 0 Å². The highest BCUT2D eigenvalue weighted by Crippen LogP contribution is 2.30. The molecule has 3 heterocycles. The van der Waals surface area contributed by atoms with Crippen LogP contribution in [0.15, 0.2) is 65.8 Å². The van der Waals surface area contributed by atoms with Gasteiger partial charge in [0.15, 0.2) is 5.65 Å². The number of hydrogen-bond donors (Lipinski definition) is 2. The van der Waals surface area contributed by atoms with Crippen molar-refractivity contribution in [2.45, 2.75) is 33.2 Å². The number of amidine groups is 2. The van der Waals surface area contributed by atoms with Gasteiger partial charge in [0.1, 0.15) is 23.2 Å². The minimum absolute atomic E-state index is 0.213. The van der Waals surface area contributed by atoms with Crippen molar-refractivity contribution in [3.05, 3.63) is 78.1 Å². The van der Waals surface area contributed by atoms with Crippen LogP contribution in [0, 0.1) is 17.0 Å². The SMILES string of the molecule is CC(=N)N=C(C)N.CC1(C)CN(C=O)CCN1C(=O)c1cn2nc(-c3ccc(F)cc3)cc(-c3ccc(F)cc3)c2n1. The van der Waals surface area contributed by atoms with E-state index in [9.17, 15) is 18.4 Å². The number of nitrogens with zero attached hydrogens (tertiary/aromatic N) is 6. The Bertz CT molecular complexity index is 1640. The molecular formula is C30H32F2N8O2. The highest BCUT2D eigenvalue weighted by molar-refractivity contribution is 5.95. The third-order valence-corrected chi connectivity index (χ3v) is 6.61. The molecule has 10 nitrogen and oxygen atoms in total. The molecule has 218 valence electrons. The van der Waals surface area contributed by atoms with E-state index in [0.717, 1.165) is 6.41 Å². The Balaban J connectivity index is 0.000000517. The zero-order valence-electron chi connectivity index (χ0n) is 23.8. The van der Waals surface area contributed by atoms with Gasteiger partial charge in [-0.2, -0.15) is 5.10 Å². The molecule has 2 amide bonds. The monoisotopic (exact) mass is 574 g/mol. The van der Waals surface area contributed by atoms with Gasteiger partial charge in [-0.3, -0.25) is 15.0 Å². The first-order chi connectivity index (χ1) is 19.9. The first-order valence-electron chi connectivity index (χ1n) is 13.2. The maximum absolute atomic E-state index is 13.6. The largest absolute Gasteiger partial charge is 0.387 e. The standard InChI is InChI=1S/C26H23F2N5O2.C4H9N3/c1-26(2)15-31(16-34)11-12-32(26)25(35)23-14-33-24(29-23)21(17-3-7-19(27)8-4-17)13-22(30-33)18-5-9-20(28)10-6-18;1-3(5)7-4(2)6/h3-10,13-14,16H,11-12,15H2,1-2H3;1-2H3,(H3,5,6,7). The van der Waals surface area contributed by atoms with Crippen molar-refractivity contribution in [1.82, 2.24) is 24.4 Å². The van der Waals surface area contributed by atoms with Gasteiger partial charge in [0, 0.05) is 30.8 Å².